The van der Waals surface area contributed by atoms with Gasteiger partial charge in [-0.25, -0.2) is 0 Å². The fraction of sp³-hybridized carbons (Fsp3) is 0.773. The summed E-state index contributed by atoms with van der Waals surface area (Å²) in [5.41, 5.74) is -1.83. The number of Topliss-reactive ketones (excluding diaryl/α,β-unsaturated/α-hetero) is 1. The van der Waals surface area contributed by atoms with E-state index in [1.807, 2.05) is 6.92 Å². The molecular formula is C22H28O7. The number of ether oxygens (including phenoxy) is 3. The third-order valence-electron chi connectivity index (χ3n) is 8.78. The molecule has 0 amide bonds. The highest BCUT2D eigenvalue weighted by molar-refractivity contribution is 6.15. The Balaban J connectivity index is 1.62. The van der Waals surface area contributed by atoms with Gasteiger partial charge >= 0.3 is 11.9 Å². The second kappa shape index (κ2) is 5.91. The predicted molar refractivity (Wildman–Crippen MR) is 99.1 cm³/mol. The maximum absolute atomic E-state index is 13.3. The summed E-state index contributed by atoms with van der Waals surface area (Å²) in [6, 6.07) is 0. The molecule has 2 bridgehead atoms. The maximum Gasteiger partial charge on any atom is 0.320 e. The number of cyclic esters (lactones) is 1. The number of carbonyl (C=O) groups excluding carboxylic acids is 3. The van der Waals surface area contributed by atoms with Gasteiger partial charge in [0.2, 0.25) is 0 Å². The number of allylic oxidation sites excluding steroid dienone is 1. The zero-order valence-corrected chi connectivity index (χ0v) is 16.9. The molecule has 29 heavy (non-hydrogen) atoms. The molecule has 5 rings (SSSR count). The minimum absolute atomic E-state index is 0.0370. The van der Waals surface area contributed by atoms with E-state index in [9.17, 15) is 19.5 Å². The Hall–Kier alpha value is -1.73. The van der Waals surface area contributed by atoms with Gasteiger partial charge in [0.05, 0.1) is 13.2 Å². The van der Waals surface area contributed by atoms with Gasteiger partial charge in [-0.15, -0.1) is 0 Å². The average molecular weight is 404 g/mol. The van der Waals surface area contributed by atoms with Crippen LogP contribution in [0.15, 0.2) is 12.2 Å². The normalized spacial score (nSPS) is 50.9. The summed E-state index contributed by atoms with van der Waals surface area (Å²) in [4.78, 5) is 38.0. The Morgan fingerprint density at radius 2 is 2.00 bits per heavy atom. The minimum Gasteiger partial charge on any atom is -0.464 e. The zero-order chi connectivity index (χ0) is 20.8. The smallest absolute Gasteiger partial charge is 0.320 e. The molecule has 0 aromatic heterocycles. The molecule has 2 heterocycles. The highest BCUT2D eigenvalue weighted by atomic mass is 16.6. The van der Waals surface area contributed by atoms with Crippen LogP contribution in [-0.2, 0) is 28.6 Å². The number of esters is 2. The molecule has 8 atom stereocenters. The summed E-state index contributed by atoms with van der Waals surface area (Å²) < 4.78 is 17.0. The van der Waals surface area contributed by atoms with E-state index in [1.54, 1.807) is 0 Å². The highest BCUT2D eigenvalue weighted by Gasteiger charge is 2.75. The summed E-state index contributed by atoms with van der Waals surface area (Å²) in [5, 5.41) is 10.9. The van der Waals surface area contributed by atoms with Crippen LogP contribution >= 0.6 is 0 Å². The molecule has 7 heteroatoms. The lowest BCUT2D eigenvalue weighted by atomic mass is 9.44. The Morgan fingerprint density at radius 3 is 2.72 bits per heavy atom. The zero-order valence-electron chi connectivity index (χ0n) is 16.9. The van der Waals surface area contributed by atoms with Gasteiger partial charge < -0.3 is 19.3 Å². The molecule has 2 spiro atoms. The van der Waals surface area contributed by atoms with Crippen molar-refractivity contribution in [3.05, 3.63) is 12.2 Å². The van der Waals surface area contributed by atoms with Crippen molar-refractivity contribution < 1.29 is 33.7 Å². The van der Waals surface area contributed by atoms with Crippen LogP contribution < -0.4 is 0 Å². The van der Waals surface area contributed by atoms with Gasteiger partial charge in [-0.2, -0.15) is 0 Å². The first-order valence-electron chi connectivity index (χ1n) is 10.5. The Kier molecular flexibility index (Phi) is 3.92. The number of carbonyl (C=O) groups is 3. The van der Waals surface area contributed by atoms with Gasteiger partial charge in [-0.05, 0) is 49.5 Å². The molecule has 3 aliphatic carbocycles. The van der Waals surface area contributed by atoms with Crippen LogP contribution in [0.1, 0.15) is 46.0 Å². The molecular weight excluding hydrogens is 376 g/mol. The lowest BCUT2D eigenvalue weighted by molar-refractivity contribution is -0.237. The number of ketones is 1. The van der Waals surface area contributed by atoms with Gasteiger partial charge in [-0.1, -0.05) is 13.5 Å². The van der Waals surface area contributed by atoms with Crippen LogP contribution in [-0.4, -0.2) is 48.4 Å². The van der Waals surface area contributed by atoms with Gasteiger partial charge in [-0.3, -0.25) is 14.4 Å². The number of aliphatic hydroxyl groups excluding tert-OH is 1. The first-order chi connectivity index (χ1) is 13.7. The van der Waals surface area contributed by atoms with E-state index in [2.05, 4.69) is 6.58 Å². The van der Waals surface area contributed by atoms with Crippen molar-refractivity contribution in [2.24, 2.45) is 34.0 Å². The quantitative estimate of drug-likeness (QED) is 0.404. The van der Waals surface area contributed by atoms with Gasteiger partial charge in [0.15, 0.2) is 12.1 Å². The second-order valence-electron chi connectivity index (χ2n) is 9.99. The van der Waals surface area contributed by atoms with Crippen LogP contribution in [0.5, 0.6) is 0 Å². The molecule has 1 N–H and O–H groups in total. The first-order valence-corrected chi connectivity index (χ1v) is 10.5. The first kappa shape index (κ1) is 19.2. The maximum atomic E-state index is 13.3. The number of rotatable bonds is 1. The molecule has 5 aliphatic rings. The lowest BCUT2D eigenvalue weighted by Gasteiger charge is -2.61. The van der Waals surface area contributed by atoms with E-state index in [-0.39, 0.29) is 48.8 Å². The third-order valence-corrected chi connectivity index (χ3v) is 8.78. The molecule has 2 aliphatic heterocycles. The Labute approximate surface area is 169 Å². The topological polar surface area (TPSA) is 99.1 Å². The molecule has 8 unspecified atom stereocenters. The van der Waals surface area contributed by atoms with E-state index in [0.29, 0.717) is 24.8 Å². The summed E-state index contributed by atoms with van der Waals surface area (Å²) in [6.45, 7) is 7.77. The number of aliphatic hydroxyl groups is 1. The fourth-order valence-corrected chi connectivity index (χ4v) is 7.64. The minimum atomic E-state index is -1.18. The fourth-order valence-electron chi connectivity index (χ4n) is 7.64. The van der Waals surface area contributed by atoms with Gasteiger partial charge in [0.1, 0.15) is 11.5 Å². The van der Waals surface area contributed by atoms with E-state index < -0.39 is 28.5 Å². The molecule has 0 aromatic rings. The molecule has 7 nitrogen and oxygen atoms in total. The van der Waals surface area contributed by atoms with Gasteiger partial charge in [0, 0.05) is 23.7 Å². The second-order valence-corrected chi connectivity index (χ2v) is 9.99. The third kappa shape index (κ3) is 2.18. The van der Waals surface area contributed by atoms with Crippen LogP contribution in [0.2, 0.25) is 0 Å². The van der Waals surface area contributed by atoms with E-state index >= 15 is 0 Å². The summed E-state index contributed by atoms with van der Waals surface area (Å²) in [7, 11) is 0. The van der Waals surface area contributed by atoms with Crippen molar-refractivity contribution >= 4 is 17.7 Å². The van der Waals surface area contributed by atoms with Crippen LogP contribution in [0.25, 0.3) is 0 Å². The van der Waals surface area contributed by atoms with E-state index in [1.165, 1.54) is 6.92 Å². The van der Waals surface area contributed by atoms with Gasteiger partial charge in [0.25, 0.3) is 0 Å². The van der Waals surface area contributed by atoms with Crippen molar-refractivity contribution in [1.29, 1.82) is 0 Å². The molecule has 0 radical (unpaired) electrons. The Bertz CT molecular complexity index is 820. The average Bonchev–Trinajstić information content (AvgIpc) is 3.10. The number of hydrogen-bond donors (Lipinski definition) is 1. The summed E-state index contributed by atoms with van der Waals surface area (Å²) in [5.74, 6) is -1.54. The largest absolute Gasteiger partial charge is 0.464 e. The summed E-state index contributed by atoms with van der Waals surface area (Å²) >= 11 is 0. The number of fused-ring (bicyclic) bond motifs is 4. The van der Waals surface area contributed by atoms with Crippen LogP contribution in [0, 0.1) is 34.0 Å². The SMILES string of the molecule is C=C1C(=O)C23CC1CCC2C1(CCC(OC(C)=O)C2(C)COC(O)C21)COC3=O. The number of hydrogen-bond acceptors (Lipinski definition) is 7. The van der Waals surface area contributed by atoms with Crippen molar-refractivity contribution in [3.63, 3.8) is 0 Å². The van der Waals surface area contributed by atoms with Crippen molar-refractivity contribution in [2.75, 3.05) is 13.2 Å². The standard InChI is InChI=1S/C22H28O7/c1-11-13-4-5-14-21(10-28-19(26)22(14,8-13)17(11)24)7-6-15(29-12(2)23)20(3)9-27-18(25)16(20)21/h13-16,18,25H,1,4-10H2,2-3H3. The molecule has 5 fully saturated rings. The van der Waals surface area contributed by atoms with Crippen LogP contribution in [0.3, 0.4) is 0 Å². The predicted octanol–water partition coefficient (Wildman–Crippen LogP) is 1.77. The van der Waals surface area contributed by atoms with Crippen molar-refractivity contribution in [2.45, 2.75) is 58.3 Å². The van der Waals surface area contributed by atoms with E-state index in [4.69, 9.17) is 14.2 Å². The molecule has 2 saturated heterocycles. The highest BCUT2D eigenvalue weighted by Crippen LogP contribution is 2.69. The molecule has 158 valence electrons. The van der Waals surface area contributed by atoms with Crippen LogP contribution in [0.4, 0.5) is 0 Å². The summed E-state index contributed by atoms with van der Waals surface area (Å²) in [6.07, 6.45) is 1.77. The monoisotopic (exact) mass is 404 g/mol. The lowest BCUT2D eigenvalue weighted by Crippen LogP contribution is -2.66. The van der Waals surface area contributed by atoms with Crippen molar-refractivity contribution in [3.8, 4) is 0 Å². The van der Waals surface area contributed by atoms with E-state index in [0.717, 1.165) is 12.8 Å². The van der Waals surface area contributed by atoms with Crippen molar-refractivity contribution in [1.82, 2.24) is 0 Å². The molecule has 0 aromatic carbocycles. The molecule has 3 saturated carbocycles. The Morgan fingerprint density at radius 1 is 1.24 bits per heavy atom.